The molecular weight excluding hydrogens is 266 g/mol. The van der Waals surface area contributed by atoms with Crippen molar-refractivity contribution in [2.45, 2.75) is 0 Å². The maximum absolute atomic E-state index is 9.07. The number of aromatic nitrogens is 3. The third-order valence-corrected chi connectivity index (χ3v) is 2.82. The summed E-state index contributed by atoms with van der Waals surface area (Å²) in [6.07, 6.45) is 1.55. The van der Waals surface area contributed by atoms with E-state index >= 15 is 0 Å². The Morgan fingerprint density at radius 1 is 1.14 bits per heavy atom. The molecule has 0 aliphatic heterocycles. The summed E-state index contributed by atoms with van der Waals surface area (Å²) in [7, 11) is 0. The molecule has 0 aliphatic rings. The molecule has 0 spiro atoms. The molecule has 102 valence electrons. The molecular formula is C15H11N5O. The van der Waals surface area contributed by atoms with Crippen molar-refractivity contribution in [3.05, 3.63) is 60.4 Å². The summed E-state index contributed by atoms with van der Waals surface area (Å²) in [5, 5.41) is 13.3. The maximum atomic E-state index is 9.07. The van der Waals surface area contributed by atoms with E-state index in [4.69, 9.17) is 15.7 Å². The Hall–Kier alpha value is -3.33. The lowest BCUT2D eigenvalue weighted by molar-refractivity contribution is 0.440. The van der Waals surface area contributed by atoms with E-state index in [0.29, 0.717) is 17.0 Å². The molecule has 0 aliphatic carbocycles. The van der Waals surface area contributed by atoms with Crippen LogP contribution >= 0.6 is 0 Å². The highest BCUT2D eigenvalue weighted by Gasteiger charge is 2.09. The van der Waals surface area contributed by atoms with Crippen molar-refractivity contribution in [1.82, 2.24) is 14.8 Å². The lowest BCUT2D eigenvalue weighted by Crippen LogP contribution is -1.96. The van der Waals surface area contributed by atoms with Crippen LogP contribution in [-0.4, -0.2) is 14.8 Å². The molecule has 2 N–H and O–H groups in total. The number of nitrogen functional groups attached to an aromatic ring is 1. The summed E-state index contributed by atoms with van der Waals surface area (Å²) in [5.74, 6) is 0.373. The van der Waals surface area contributed by atoms with Gasteiger partial charge >= 0.3 is 6.01 Å². The highest BCUT2D eigenvalue weighted by atomic mass is 16.5. The molecule has 0 amide bonds. The van der Waals surface area contributed by atoms with E-state index in [1.165, 1.54) is 0 Å². The van der Waals surface area contributed by atoms with Gasteiger partial charge in [-0.3, -0.25) is 0 Å². The number of anilines is 1. The first-order valence-corrected chi connectivity index (χ1v) is 6.21. The third kappa shape index (κ3) is 2.67. The van der Waals surface area contributed by atoms with Crippen molar-refractivity contribution in [3.63, 3.8) is 0 Å². The highest BCUT2D eigenvalue weighted by molar-refractivity contribution is 5.53. The molecule has 0 atom stereocenters. The number of hydrogen-bond donors (Lipinski definition) is 1. The van der Waals surface area contributed by atoms with Crippen LogP contribution in [0.15, 0.2) is 54.9 Å². The predicted octanol–water partition coefficient (Wildman–Crippen LogP) is 2.51. The number of nitrogens with zero attached hydrogens (tertiary/aromatic N) is 4. The van der Waals surface area contributed by atoms with E-state index in [1.807, 2.05) is 36.4 Å². The van der Waals surface area contributed by atoms with Crippen LogP contribution in [0.2, 0.25) is 0 Å². The SMILES string of the molecule is N#Cc1cc(N)ccc1Oc1ncn(-c2ccccc2)n1. The Morgan fingerprint density at radius 3 is 2.71 bits per heavy atom. The number of nitrogens with two attached hydrogens (primary N) is 1. The molecule has 6 nitrogen and oxygen atoms in total. The summed E-state index contributed by atoms with van der Waals surface area (Å²) < 4.78 is 7.13. The first kappa shape index (κ1) is 12.7. The van der Waals surface area contributed by atoms with Gasteiger partial charge in [0.15, 0.2) is 0 Å². The lowest BCUT2D eigenvalue weighted by atomic mass is 10.2. The zero-order valence-electron chi connectivity index (χ0n) is 11.0. The monoisotopic (exact) mass is 277 g/mol. The van der Waals surface area contributed by atoms with Crippen LogP contribution in [0.3, 0.4) is 0 Å². The lowest BCUT2D eigenvalue weighted by Gasteiger charge is -2.04. The van der Waals surface area contributed by atoms with E-state index in [1.54, 1.807) is 29.2 Å². The van der Waals surface area contributed by atoms with Crippen molar-refractivity contribution in [2.24, 2.45) is 0 Å². The minimum absolute atomic E-state index is 0.167. The summed E-state index contributed by atoms with van der Waals surface area (Å²) in [5.41, 5.74) is 7.35. The smallest absolute Gasteiger partial charge is 0.341 e. The number of para-hydroxylation sites is 1. The normalized spacial score (nSPS) is 10.0. The molecule has 3 aromatic rings. The van der Waals surface area contributed by atoms with Crippen LogP contribution in [-0.2, 0) is 0 Å². The van der Waals surface area contributed by atoms with Gasteiger partial charge in [0.1, 0.15) is 18.1 Å². The summed E-state index contributed by atoms with van der Waals surface area (Å²) in [4.78, 5) is 4.07. The zero-order chi connectivity index (χ0) is 14.7. The molecule has 0 saturated heterocycles. The third-order valence-electron chi connectivity index (χ3n) is 2.82. The van der Waals surface area contributed by atoms with Crippen molar-refractivity contribution in [2.75, 3.05) is 5.73 Å². The maximum Gasteiger partial charge on any atom is 0.341 e. The Morgan fingerprint density at radius 2 is 1.95 bits per heavy atom. The zero-order valence-corrected chi connectivity index (χ0v) is 11.0. The molecule has 0 unspecified atom stereocenters. The molecule has 0 bridgehead atoms. The summed E-state index contributed by atoms with van der Waals surface area (Å²) in [6, 6.07) is 16.6. The second kappa shape index (κ2) is 5.35. The van der Waals surface area contributed by atoms with Gasteiger partial charge in [0.25, 0.3) is 0 Å². The van der Waals surface area contributed by atoms with Crippen molar-refractivity contribution in [3.8, 4) is 23.5 Å². The standard InChI is InChI=1S/C15H11N5O/c16-9-11-8-12(17)6-7-14(11)21-15-18-10-20(19-15)13-4-2-1-3-5-13/h1-8,10H,17H2. The average Bonchev–Trinajstić information content (AvgIpc) is 2.98. The average molecular weight is 277 g/mol. The molecule has 6 heteroatoms. The minimum atomic E-state index is 0.167. The van der Waals surface area contributed by atoms with Gasteiger partial charge in [-0.15, -0.1) is 5.10 Å². The largest absolute Gasteiger partial charge is 0.422 e. The van der Waals surface area contributed by atoms with Gasteiger partial charge in [-0.1, -0.05) is 18.2 Å². The second-order valence-electron chi connectivity index (χ2n) is 4.28. The fourth-order valence-electron chi connectivity index (χ4n) is 1.82. The van der Waals surface area contributed by atoms with Gasteiger partial charge in [0, 0.05) is 5.69 Å². The fourth-order valence-corrected chi connectivity index (χ4v) is 1.82. The number of nitriles is 1. The Kier molecular flexibility index (Phi) is 3.23. The quantitative estimate of drug-likeness (QED) is 0.743. The topological polar surface area (TPSA) is 89.8 Å². The van der Waals surface area contributed by atoms with Crippen molar-refractivity contribution >= 4 is 5.69 Å². The molecule has 0 fully saturated rings. The van der Waals surface area contributed by atoms with Gasteiger partial charge in [-0.25, -0.2) is 4.68 Å². The van der Waals surface area contributed by atoms with E-state index in [-0.39, 0.29) is 6.01 Å². The van der Waals surface area contributed by atoms with E-state index < -0.39 is 0 Å². The van der Waals surface area contributed by atoms with Gasteiger partial charge in [-0.2, -0.15) is 10.2 Å². The van der Waals surface area contributed by atoms with Gasteiger partial charge in [-0.05, 0) is 30.3 Å². The van der Waals surface area contributed by atoms with Gasteiger partial charge in [0.05, 0.1) is 11.3 Å². The Bertz CT molecular complexity index is 804. The fraction of sp³-hybridized carbons (Fsp3) is 0. The van der Waals surface area contributed by atoms with Crippen LogP contribution in [0.5, 0.6) is 11.8 Å². The molecule has 0 radical (unpaired) electrons. The van der Waals surface area contributed by atoms with E-state index in [9.17, 15) is 0 Å². The van der Waals surface area contributed by atoms with Gasteiger partial charge in [0.2, 0.25) is 0 Å². The molecule has 3 rings (SSSR count). The molecule has 0 saturated carbocycles. The summed E-state index contributed by atoms with van der Waals surface area (Å²) >= 11 is 0. The number of hydrogen-bond acceptors (Lipinski definition) is 5. The van der Waals surface area contributed by atoms with E-state index in [2.05, 4.69) is 10.1 Å². The van der Waals surface area contributed by atoms with E-state index in [0.717, 1.165) is 5.69 Å². The highest BCUT2D eigenvalue weighted by Crippen LogP contribution is 2.24. The molecule has 2 aromatic carbocycles. The molecule has 21 heavy (non-hydrogen) atoms. The second-order valence-corrected chi connectivity index (χ2v) is 4.28. The van der Waals surface area contributed by atoms with Crippen LogP contribution < -0.4 is 10.5 Å². The van der Waals surface area contributed by atoms with Gasteiger partial charge < -0.3 is 10.5 Å². The van der Waals surface area contributed by atoms with Crippen LogP contribution in [0.4, 0.5) is 5.69 Å². The number of ether oxygens (including phenoxy) is 1. The van der Waals surface area contributed by atoms with Crippen LogP contribution in [0, 0.1) is 11.3 Å². The first-order chi connectivity index (χ1) is 10.3. The molecule has 1 aromatic heterocycles. The van der Waals surface area contributed by atoms with Crippen molar-refractivity contribution < 1.29 is 4.74 Å². The predicted molar refractivity (Wildman–Crippen MR) is 77.0 cm³/mol. The van der Waals surface area contributed by atoms with Crippen LogP contribution in [0.1, 0.15) is 5.56 Å². The number of rotatable bonds is 3. The Labute approximate surface area is 121 Å². The summed E-state index contributed by atoms with van der Waals surface area (Å²) in [6.45, 7) is 0. The number of benzene rings is 2. The minimum Gasteiger partial charge on any atom is -0.422 e. The Balaban J connectivity index is 1.87. The first-order valence-electron chi connectivity index (χ1n) is 6.21. The molecule has 1 heterocycles. The van der Waals surface area contributed by atoms with Crippen LogP contribution in [0.25, 0.3) is 5.69 Å². The van der Waals surface area contributed by atoms with Crippen molar-refractivity contribution in [1.29, 1.82) is 5.26 Å².